The lowest BCUT2D eigenvalue weighted by Gasteiger charge is -2.24. The summed E-state index contributed by atoms with van der Waals surface area (Å²) in [6, 6.07) is 3.59. The van der Waals surface area contributed by atoms with Gasteiger partial charge in [0.05, 0.1) is 21.8 Å². The minimum Gasteiger partial charge on any atom is -0.383 e. The Hall–Kier alpha value is -1.20. The summed E-state index contributed by atoms with van der Waals surface area (Å²) in [5, 5.41) is 0. The van der Waals surface area contributed by atoms with E-state index in [-0.39, 0.29) is 10.8 Å². The van der Waals surface area contributed by atoms with Crippen LogP contribution >= 0.6 is 0 Å². The molecular formula is C13H21N3OS. The van der Waals surface area contributed by atoms with Gasteiger partial charge in [0, 0.05) is 11.8 Å². The lowest BCUT2D eigenvalue weighted by atomic mass is 10.1. The molecule has 0 amide bonds. The van der Waals surface area contributed by atoms with Crippen molar-refractivity contribution in [2.75, 3.05) is 5.73 Å². The Labute approximate surface area is 111 Å². The molecule has 0 spiro atoms. The van der Waals surface area contributed by atoms with Gasteiger partial charge in [0.2, 0.25) is 0 Å². The predicted molar refractivity (Wildman–Crippen MR) is 77.2 cm³/mol. The van der Waals surface area contributed by atoms with E-state index in [0.717, 1.165) is 5.56 Å². The average Bonchev–Trinajstić information content (AvgIpc) is 2.28. The molecule has 0 bridgehead atoms. The lowest BCUT2D eigenvalue weighted by Crippen LogP contribution is -2.36. The Morgan fingerprint density at radius 1 is 1.61 bits per heavy atom. The van der Waals surface area contributed by atoms with E-state index < -0.39 is 11.0 Å². The van der Waals surface area contributed by atoms with Crippen molar-refractivity contribution < 1.29 is 4.21 Å². The summed E-state index contributed by atoms with van der Waals surface area (Å²) in [5.41, 5.74) is 6.71. The van der Waals surface area contributed by atoms with Gasteiger partial charge in [-0.25, -0.2) is 13.9 Å². The highest BCUT2D eigenvalue weighted by Crippen LogP contribution is 2.23. The molecule has 0 radical (unpaired) electrons. The maximum atomic E-state index is 12.1. The van der Waals surface area contributed by atoms with Gasteiger partial charge in [0.15, 0.2) is 0 Å². The van der Waals surface area contributed by atoms with E-state index in [1.54, 1.807) is 12.3 Å². The van der Waals surface area contributed by atoms with Crippen LogP contribution in [0.1, 0.15) is 38.8 Å². The first-order valence-electron chi connectivity index (χ1n) is 5.85. The summed E-state index contributed by atoms with van der Waals surface area (Å²) in [6.45, 7) is 9.50. The van der Waals surface area contributed by atoms with Crippen molar-refractivity contribution in [3.63, 3.8) is 0 Å². The third-order valence-electron chi connectivity index (χ3n) is 2.45. The molecule has 3 N–H and O–H groups in total. The van der Waals surface area contributed by atoms with E-state index >= 15 is 0 Å². The molecule has 0 saturated heterocycles. The zero-order chi connectivity index (χ0) is 13.8. The largest absolute Gasteiger partial charge is 0.383 e. The molecule has 1 aromatic rings. The van der Waals surface area contributed by atoms with Gasteiger partial charge < -0.3 is 5.73 Å². The van der Waals surface area contributed by atoms with E-state index in [4.69, 9.17) is 5.73 Å². The molecule has 4 nitrogen and oxygen atoms in total. The Bertz CT molecular complexity index is 440. The fourth-order valence-corrected chi connectivity index (χ4v) is 2.27. The molecule has 2 atom stereocenters. The predicted octanol–water partition coefficient (Wildman–Crippen LogP) is 2.33. The zero-order valence-corrected chi connectivity index (χ0v) is 12.0. The number of pyridine rings is 1. The van der Waals surface area contributed by atoms with Crippen LogP contribution in [0.4, 0.5) is 5.82 Å². The second-order valence-corrected chi connectivity index (χ2v) is 7.05. The third-order valence-corrected chi connectivity index (χ3v) is 4.07. The molecule has 0 aliphatic carbocycles. The van der Waals surface area contributed by atoms with E-state index in [2.05, 4.69) is 16.3 Å². The average molecular weight is 267 g/mol. The topological polar surface area (TPSA) is 68.0 Å². The molecule has 1 aromatic heterocycles. The van der Waals surface area contributed by atoms with Crippen LogP contribution in [0.2, 0.25) is 0 Å². The van der Waals surface area contributed by atoms with Gasteiger partial charge in [0.25, 0.3) is 0 Å². The summed E-state index contributed by atoms with van der Waals surface area (Å²) < 4.78 is 14.9. The molecule has 5 heteroatoms. The fraction of sp³-hybridized carbons (Fsp3) is 0.462. The first kappa shape index (κ1) is 14.9. The lowest BCUT2D eigenvalue weighted by molar-refractivity contribution is 0.602. The summed E-state index contributed by atoms with van der Waals surface area (Å²) in [6.07, 6.45) is 4.08. The van der Waals surface area contributed by atoms with E-state index in [1.165, 1.54) is 0 Å². The van der Waals surface area contributed by atoms with Crippen LogP contribution < -0.4 is 10.5 Å². The highest BCUT2D eigenvalue weighted by molar-refractivity contribution is 7.84. The molecule has 0 unspecified atom stereocenters. The molecule has 1 heterocycles. The second-order valence-electron chi connectivity index (χ2n) is 5.05. The molecule has 0 aromatic carbocycles. The van der Waals surface area contributed by atoms with Gasteiger partial charge >= 0.3 is 0 Å². The maximum absolute atomic E-state index is 12.1. The molecule has 0 aliphatic heterocycles. The summed E-state index contributed by atoms with van der Waals surface area (Å²) in [4.78, 5) is 4.06. The minimum atomic E-state index is -1.16. The van der Waals surface area contributed by atoms with Crippen LogP contribution in [-0.2, 0) is 11.0 Å². The van der Waals surface area contributed by atoms with E-state index in [1.807, 2.05) is 32.9 Å². The van der Waals surface area contributed by atoms with E-state index in [0.29, 0.717) is 12.2 Å². The zero-order valence-electron chi connectivity index (χ0n) is 11.1. The number of nitrogen functional groups attached to an aromatic ring is 1. The summed E-state index contributed by atoms with van der Waals surface area (Å²) >= 11 is 0. The first-order valence-corrected chi connectivity index (χ1v) is 7.00. The molecule has 0 fully saturated rings. The van der Waals surface area contributed by atoms with Crippen LogP contribution in [0.5, 0.6) is 0 Å². The molecule has 100 valence electrons. The van der Waals surface area contributed by atoms with Gasteiger partial charge in [0.1, 0.15) is 5.82 Å². The van der Waals surface area contributed by atoms with Crippen LogP contribution in [0.15, 0.2) is 31.0 Å². The van der Waals surface area contributed by atoms with Gasteiger partial charge in [-0.05, 0) is 33.3 Å². The third kappa shape index (κ3) is 3.92. The highest BCUT2D eigenvalue weighted by atomic mass is 32.2. The Balaban J connectivity index is 2.94. The van der Waals surface area contributed by atoms with Gasteiger partial charge in [-0.2, -0.15) is 0 Å². The van der Waals surface area contributed by atoms with Crippen LogP contribution in [0.25, 0.3) is 0 Å². The van der Waals surface area contributed by atoms with Crippen molar-refractivity contribution in [1.29, 1.82) is 0 Å². The van der Waals surface area contributed by atoms with E-state index in [9.17, 15) is 4.21 Å². The quantitative estimate of drug-likeness (QED) is 0.805. The first-order chi connectivity index (χ1) is 8.36. The number of nitrogens with one attached hydrogen (secondary N) is 1. The summed E-state index contributed by atoms with van der Waals surface area (Å²) in [7, 11) is -1.16. The monoisotopic (exact) mass is 267 g/mol. The standard InChI is InChI=1S/C13H21N3OS/c1-5-7-11(16-18(17)13(2,3)4)10-8-6-9-15-12(10)14/h5-6,8-9,11,16H,1,7H2,2-4H3,(H2,14,15)/t11-,18+/m1/s1. The van der Waals surface area contributed by atoms with Gasteiger partial charge in [-0.15, -0.1) is 6.58 Å². The Morgan fingerprint density at radius 2 is 2.28 bits per heavy atom. The van der Waals surface area contributed by atoms with Crippen molar-refractivity contribution >= 4 is 16.8 Å². The highest BCUT2D eigenvalue weighted by Gasteiger charge is 2.24. The maximum Gasteiger partial charge on any atom is 0.128 e. The van der Waals surface area contributed by atoms with Crippen molar-refractivity contribution in [2.24, 2.45) is 0 Å². The molecule has 18 heavy (non-hydrogen) atoms. The molecule has 0 saturated carbocycles. The van der Waals surface area contributed by atoms with Crippen molar-refractivity contribution in [2.45, 2.75) is 38.0 Å². The molecular weight excluding hydrogens is 246 g/mol. The molecule has 0 aliphatic rings. The normalized spacial score (nSPS) is 15.1. The van der Waals surface area contributed by atoms with Gasteiger partial charge in [-0.3, -0.25) is 0 Å². The van der Waals surface area contributed by atoms with Crippen LogP contribution in [-0.4, -0.2) is 13.9 Å². The number of nitrogens with zero attached hydrogens (tertiary/aromatic N) is 1. The number of aromatic nitrogens is 1. The number of nitrogens with two attached hydrogens (primary N) is 1. The van der Waals surface area contributed by atoms with Crippen molar-refractivity contribution in [3.8, 4) is 0 Å². The number of anilines is 1. The van der Waals surface area contributed by atoms with Crippen molar-refractivity contribution in [1.82, 2.24) is 9.71 Å². The fourth-order valence-electron chi connectivity index (χ4n) is 1.44. The Morgan fingerprint density at radius 3 is 2.78 bits per heavy atom. The number of rotatable bonds is 5. The number of hydrogen-bond acceptors (Lipinski definition) is 3. The SMILES string of the molecule is C=CC[C@@H](N[S@@](=O)C(C)(C)C)c1cccnc1N. The summed E-state index contributed by atoms with van der Waals surface area (Å²) in [5.74, 6) is 0.461. The van der Waals surface area contributed by atoms with Crippen LogP contribution in [0, 0.1) is 0 Å². The van der Waals surface area contributed by atoms with Crippen LogP contribution in [0.3, 0.4) is 0 Å². The smallest absolute Gasteiger partial charge is 0.128 e. The van der Waals surface area contributed by atoms with Crippen molar-refractivity contribution in [3.05, 3.63) is 36.5 Å². The molecule has 1 rings (SSSR count). The van der Waals surface area contributed by atoms with Gasteiger partial charge in [-0.1, -0.05) is 12.1 Å². The second kappa shape index (κ2) is 6.11. The number of hydrogen-bond donors (Lipinski definition) is 2. The minimum absolute atomic E-state index is 0.128. The Kier molecular flexibility index (Phi) is 5.04.